The molecule has 0 aliphatic rings. The van der Waals surface area contributed by atoms with Crippen molar-refractivity contribution in [1.82, 2.24) is 5.43 Å². The van der Waals surface area contributed by atoms with Crippen LogP contribution >= 0.6 is 0 Å². The van der Waals surface area contributed by atoms with E-state index in [2.05, 4.69) is 10.5 Å². The van der Waals surface area contributed by atoms with Crippen LogP contribution in [0.5, 0.6) is 11.5 Å². The zero-order chi connectivity index (χ0) is 23.9. The molecule has 0 bridgehead atoms. The Balaban J connectivity index is 1.39. The normalized spacial score (nSPS) is 10.9. The number of carbonyl (C=O) groups excluding carboxylic acids is 2. The zero-order valence-electron chi connectivity index (χ0n) is 18.9. The average molecular weight is 453 g/mol. The Kier molecular flexibility index (Phi) is 6.98. The molecule has 0 radical (unpaired) electrons. The lowest BCUT2D eigenvalue weighted by atomic mass is 10.0. The lowest BCUT2D eigenvalue weighted by molar-refractivity contribution is -0.120. The summed E-state index contributed by atoms with van der Waals surface area (Å²) in [4.78, 5) is 24.8. The summed E-state index contributed by atoms with van der Waals surface area (Å²) in [6.45, 7) is 1.95. The molecule has 1 N–H and O–H groups in total. The van der Waals surface area contributed by atoms with Crippen LogP contribution in [0.4, 0.5) is 0 Å². The fraction of sp³-hybridized carbons (Fsp3) is 0.107. The molecule has 0 unspecified atom stereocenters. The van der Waals surface area contributed by atoms with Crippen LogP contribution in [0, 0.1) is 6.92 Å². The Morgan fingerprint density at radius 1 is 0.912 bits per heavy atom. The maximum Gasteiger partial charge on any atom is 0.343 e. The first-order valence-corrected chi connectivity index (χ1v) is 10.8. The van der Waals surface area contributed by atoms with E-state index < -0.39 is 5.97 Å². The van der Waals surface area contributed by atoms with E-state index >= 15 is 0 Å². The highest BCUT2D eigenvalue weighted by Crippen LogP contribution is 2.28. The molecule has 0 aromatic heterocycles. The van der Waals surface area contributed by atoms with Crippen LogP contribution in [-0.4, -0.2) is 25.2 Å². The number of hydrazone groups is 1. The van der Waals surface area contributed by atoms with Crippen molar-refractivity contribution in [2.75, 3.05) is 7.11 Å². The van der Waals surface area contributed by atoms with Crippen molar-refractivity contribution in [3.8, 4) is 11.5 Å². The Morgan fingerprint density at radius 2 is 1.68 bits per heavy atom. The van der Waals surface area contributed by atoms with Crippen LogP contribution in [0.1, 0.15) is 27.0 Å². The third-order valence-corrected chi connectivity index (χ3v) is 5.31. The predicted molar refractivity (Wildman–Crippen MR) is 133 cm³/mol. The largest absolute Gasteiger partial charge is 0.493 e. The van der Waals surface area contributed by atoms with Crippen molar-refractivity contribution in [2.24, 2.45) is 5.10 Å². The van der Waals surface area contributed by atoms with Gasteiger partial charge in [0.2, 0.25) is 5.91 Å². The summed E-state index contributed by atoms with van der Waals surface area (Å²) in [5, 5.41) is 6.19. The highest BCUT2D eigenvalue weighted by Gasteiger charge is 2.13. The number of amides is 1. The van der Waals surface area contributed by atoms with Gasteiger partial charge in [0.05, 0.1) is 25.3 Å². The lowest BCUT2D eigenvalue weighted by Crippen LogP contribution is -2.19. The van der Waals surface area contributed by atoms with Gasteiger partial charge in [-0.15, -0.1) is 0 Å². The maximum atomic E-state index is 12.4. The fourth-order valence-electron chi connectivity index (χ4n) is 3.54. The molecule has 0 heterocycles. The number of fused-ring (bicyclic) bond motifs is 1. The summed E-state index contributed by atoms with van der Waals surface area (Å²) < 4.78 is 10.8. The molecule has 4 aromatic rings. The van der Waals surface area contributed by atoms with Crippen LogP contribution in [0.15, 0.2) is 90.0 Å². The van der Waals surface area contributed by atoms with Crippen LogP contribution in [0.3, 0.4) is 0 Å². The number of nitrogens with one attached hydrogen (secondary N) is 1. The minimum atomic E-state index is -0.472. The first-order chi connectivity index (χ1) is 16.5. The summed E-state index contributed by atoms with van der Waals surface area (Å²) in [6.07, 6.45) is 1.73. The Hall–Kier alpha value is -4.45. The summed E-state index contributed by atoms with van der Waals surface area (Å²) in [6, 6.07) is 26.0. The van der Waals surface area contributed by atoms with Crippen LogP contribution < -0.4 is 14.9 Å². The lowest BCUT2D eigenvalue weighted by Gasteiger charge is -2.10. The minimum absolute atomic E-state index is 0.218. The maximum absolute atomic E-state index is 12.4. The minimum Gasteiger partial charge on any atom is -0.493 e. The molecule has 6 nitrogen and oxygen atoms in total. The number of aryl methyl sites for hydroxylation is 1. The van der Waals surface area contributed by atoms with E-state index in [-0.39, 0.29) is 12.3 Å². The molecule has 0 fully saturated rings. The first kappa shape index (κ1) is 22.7. The molecule has 34 heavy (non-hydrogen) atoms. The second kappa shape index (κ2) is 10.4. The third-order valence-electron chi connectivity index (χ3n) is 5.31. The summed E-state index contributed by atoms with van der Waals surface area (Å²) in [7, 11) is 1.49. The summed E-state index contributed by atoms with van der Waals surface area (Å²) in [5.41, 5.74) is 5.68. The van der Waals surface area contributed by atoms with Gasteiger partial charge in [-0.3, -0.25) is 4.79 Å². The molecule has 0 saturated heterocycles. The van der Waals surface area contributed by atoms with E-state index in [1.807, 2.05) is 61.5 Å². The van der Waals surface area contributed by atoms with E-state index in [0.717, 1.165) is 21.9 Å². The van der Waals surface area contributed by atoms with Gasteiger partial charge in [-0.2, -0.15) is 5.10 Å². The highest BCUT2D eigenvalue weighted by molar-refractivity contribution is 5.92. The number of hydrogen-bond acceptors (Lipinski definition) is 5. The molecule has 0 saturated carbocycles. The molecule has 0 aliphatic heterocycles. The van der Waals surface area contributed by atoms with Crippen molar-refractivity contribution in [3.63, 3.8) is 0 Å². The van der Waals surface area contributed by atoms with Gasteiger partial charge in [-0.1, -0.05) is 60.2 Å². The van der Waals surface area contributed by atoms with E-state index in [4.69, 9.17) is 9.47 Å². The van der Waals surface area contributed by atoms with Gasteiger partial charge in [0, 0.05) is 0 Å². The molecule has 170 valence electrons. The Morgan fingerprint density at radius 3 is 2.47 bits per heavy atom. The quantitative estimate of drug-likeness (QED) is 0.184. The molecular formula is C28H24N2O4. The van der Waals surface area contributed by atoms with Crippen molar-refractivity contribution in [3.05, 3.63) is 107 Å². The molecule has 1 amide bonds. The van der Waals surface area contributed by atoms with Gasteiger partial charge in [0.15, 0.2) is 11.5 Å². The van der Waals surface area contributed by atoms with Gasteiger partial charge in [0.25, 0.3) is 0 Å². The second-order valence-corrected chi connectivity index (χ2v) is 7.77. The number of rotatable bonds is 7. The molecule has 0 atom stereocenters. The van der Waals surface area contributed by atoms with E-state index in [1.54, 1.807) is 30.3 Å². The number of esters is 1. The van der Waals surface area contributed by atoms with Gasteiger partial charge in [-0.05, 0) is 59.2 Å². The van der Waals surface area contributed by atoms with Crippen LogP contribution in [-0.2, 0) is 11.2 Å². The van der Waals surface area contributed by atoms with Gasteiger partial charge < -0.3 is 9.47 Å². The summed E-state index contributed by atoms with van der Waals surface area (Å²) in [5.74, 6) is -0.0136. The van der Waals surface area contributed by atoms with Crippen molar-refractivity contribution < 1.29 is 19.1 Å². The Labute approximate surface area is 197 Å². The summed E-state index contributed by atoms with van der Waals surface area (Å²) >= 11 is 0. The van der Waals surface area contributed by atoms with Crippen LogP contribution in [0.2, 0.25) is 0 Å². The average Bonchev–Trinajstić information content (AvgIpc) is 2.85. The molecule has 4 aromatic carbocycles. The SMILES string of the molecule is COc1cc(/C=N\NC(=O)Cc2cccc3ccccc23)ccc1OC(=O)c1ccc(C)cc1. The monoisotopic (exact) mass is 452 g/mol. The molecule has 4 rings (SSSR count). The standard InChI is InChI=1S/C28H24N2O4/c1-19-10-13-22(14-11-19)28(32)34-25-15-12-20(16-26(25)33-2)18-29-30-27(31)17-23-8-5-7-21-6-3-4-9-24(21)23/h3-16,18H,17H2,1-2H3,(H,30,31)/b29-18-. The van der Waals surface area contributed by atoms with Gasteiger partial charge >= 0.3 is 5.97 Å². The molecule has 0 aliphatic carbocycles. The number of hydrogen-bond donors (Lipinski definition) is 1. The van der Waals surface area contributed by atoms with Crippen molar-refractivity contribution >= 4 is 28.9 Å². The smallest absolute Gasteiger partial charge is 0.343 e. The first-order valence-electron chi connectivity index (χ1n) is 10.8. The number of methoxy groups -OCH3 is 1. The molecule has 0 spiro atoms. The molecular weight excluding hydrogens is 428 g/mol. The molecule has 6 heteroatoms. The second-order valence-electron chi connectivity index (χ2n) is 7.77. The number of nitrogens with zero attached hydrogens (tertiary/aromatic N) is 1. The van der Waals surface area contributed by atoms with E-state index in [1.165, 1.54) is 13.3 Å². The zero-order valence-corrected chi connectivity index (χ0v) is 18.9. The van der Waals surface area contributed by atoms with Crippen molar-refractivity contribution in [2.45, 2.75) is 13.3 Å². The highest BCUT2D eigenvalue weighted by atomic mass is 16.6. The van der Waals surface area contributed by atoms with Crippen molar-refractivity contribution in [1.29, 1.82) is 0 Å². The van der Waals surface area contributed by atoms with Crippen LogP contribution in [0.25, 0.3) is 10.8 Å². The number of benzene rings is 4. The topological polar surface area (TPSA) is 77.0 Å². The number of ether oxygens (including phenoxy) is 2. The fourth-order valence-corrected chi connectivity index (χ4v) is 3.54. The third kappa shape index (κ3) is 5.48. The van der Waals surface area contributed by atoms with E-state index in [9.17, 15) is 9.59 Å². The van der Waals surface area contributed by atoms with Gasteiger partial charge in [-0.25, -0.2) is 10.2 Å². The number of carbonyl (C=O) groups is 2. The van der Waals surface area contributed by atoms with E-state index in [0.29, 0.717) is 22.6 Å². The predicted octanol–water partition coefficient (Wildman–Crippen LogP) is 5.07. The van der Waals surface area contributed by atoms with Gasteiger partial charge in [0.1, 0.15) is 0 Å². The Bertz CT molecular complexity index is 1360.